The maximum absolute atomic E-state index is 10.6. The number of hydrogen-bond acceptors (Lipinski definition) is 3. The Morgan fingerprint density at radius 1 is 1.57 bits per heavy atom. The normalized spacial score (nSPS) is 12.4. The molecule has 1 aromatic heterocycles. The molecule has 0 radical (unpaired) electrons. The van der Waals surface area contributed by atoms with Gasteiger partial charge in [-0.25, -0.2) is 9.59 Å². The highest BCUT2D eigenvalue weighted by atomic mass is 127. The minimum atomic E-state index is -1.16. The zero-order valence-corrected chi connectivity index (χ0v) is 9.30. The van der Waals surface area contributed by atoms with Gasteiger partial charge < -0.3 is 10.2 Å². The van der Waals surface area contributed by atoms with Crippen LogP contribution < -0.4 is 0 Å². The third-order valence-corrected chi connectivity index (χ3v) is 2.43. The van der Waals surface area contributed by atoms with Crippen LogP contribution in [0.25, 0.3) is 0 Å². The Morgan fingerprint density at radius 3 is 2.50 bits per heavy atom. The predicted molar refractivity (Wildman–Crippen MR) is 54.3 cm³/mol. The van der Waals surface area contributed by atoms with Crippen molar-refractivity contribution in [1.29, 1.82) is 0 Å². The highest BCUT2D eigenvalue weighted by molar-refractivity contribution is 14.1. The number of hydrogen-bond donors (Lipinski definition) is 2. The topological polar surface area (TPSA) is 92.4 Å². The third-order valence-electron chi connectivity index (χ3n) is 1.64. The molecule has 0 unspecified atom stereocenters. The number of aliphatic carboxylic acids is 1. The predicted octanol–water partition coefficient (Wildman–Crippen LogP) is 0.832. The first-order valence-corrected chi connectivity index (χ1v) is 4.72. The Balaban J connectivity index is 3.08. The van der Waals surface area contributed by atoms with Crippen molar-refractivity contribution in [2.75, 3.05) is 0 Å². The van der Waals surface area contributed by atoms with Crippen molar-refractivity contribution in [3.63, 3.8) is 0 Å². The van der Waals surface area contributed by atoms with E-state index in [2.05, 4.69) is 5.10 Å². The largest absolute Gasteiger partial charge is 0.480 e. The monoisotopic (exact) mass is 310 g/mol. The molecule has 76 valence electrons. The van der Waals surface area contributed by atoms with Crippen LogP contribution in [0.4, 0.5) is 0 Å². The van der Waals surface area contributed by atoms with Gasteiger partial charge in [0.1, 0.15) is 6.04 Å². The van der Waals surface area contributed by atoms with Crippen LogP contribution in [0.15, 0.2) is 6.20 Å². The van der Waals surface area contributed by atoms with Crippen molar-refractivity contribution in [2.24, 2.45) is 0 Å². The molecular formula is C7H7IN2O4. The van der Waals surface area contributed by atoms with E-state index in [-0.39, 0.29) is 5.69 Å². The van der Waals surface area contributed by atoms with Crippen LogP contribution in [0, 0.1) is 3.57 Å². The van der Waals surface area contributed by atoms with Gasteiger partial charge in [0.15, 0.2) is 5.69 Å². The van der Waals surface area contributed by atoms with Crippen LogP contribution in [0.1, 0.15) is 23.5 Å². The number of aromatic nitrogens is 2. The minimum absolute atomic E-state index is 0.126. The maximum atomic E-state index is 10.6. The summed E-state index contributed by atoms with van der Waals surface area (Å²) in [5, 5.41) is 21.0. The quantitative estimate of drug-likeness (QED) is 0.807. The highest BCUT2D eigenvalue weighted by Gasteiger charge is 2.19. The van der Waals surface area contributed by atoms with E-state index >= 15 is 0 Å². The summed E-state index contributed by atoms with van der Waals surface area (Å²) in [6.07, 6.45) is 1.39. The fourth-order valence-corrected chi connectivity index (χ4v) is 1.45. The lowest BCUT2D eigenvalue weighted by Crippen LogP contribution is -2.16. The molecule has 0 aromatic carbocycles. The van der Waals surface area contributed by atoms with E-state index < -0.39 is 18.0 Å². The Kier molecular flexibility index (Phi) is 3.09. The number of halogens is 1. The van der Waals surface area contributed by atoms with E-state index in [1.165, 1.54) is 13.1 Å². The number of aromatic carboxylic acids is 1. The van der Waals surface area contributed by atoms with Crippen LogP contribution in [0.2, 0.25) is 0 Å². The summed E-state index contributed by atoms with van der Waals surface area (Å²) in [4.78, 5) is 21.2. The number of rotatable bonds is 3. The molecule has 0 aliphatic rings. The Bertz CT molecular complexity index is 387. The molecule has 2 N–H and O–H groups in total. The molecule has 14 heavy (non-hydrogen) atoms. The fourth-order valence-electron chi connectivity index (χ4n) is 0.826. The lowest BCUT2D eigenvalue weighted by molar-refractivity contribution is -0.140. The minimum Gasteiger partial charge on any atom is -0.480 e. The number of nitrogens with zero attached hydrogens (tertiary/aromatic N) is 2. The molecule has 0 bridgehead atoms. The smallest absolute Gasteiger partial charge is 0.357 e. The first kappa shape index (κ1) is 11.0. The van der Waals surface area contributed by atoms with Gasteiger partial charge >= 0.3 is 11.9 Å². The SMILES string of the molecule is C[C@@H](C(=O)O)n1cc(I)c(C(=O)O)n1. The van der Waals surface area contributed by atoms with Crippen molar-refractivity contribution in [3.8, 4) is 0 Å². The van der Waals surface area contributed by atoms with Crippen LogP contribution in [0.3, 0.4) is 0 Å². The molecule has 0 fully saturated rings. The summed E-state index contributed by atoms with van der Waals surface area (Å²) in [5.41, 5.74) is -0.126. The van der Waals surface area contributed by atoms with E-state index in [1.54, 1.807) is 22.6 Å². The van der Waals surface area contributed by atoms with Gasteiger partial charge in [-0.1, -0.05) is 0 Å². The lowest BCUT2D eigenvalue weighted by Gasteiger charge is -2.04. The molecule has 1 heterocycles. The van der Waals surface area contributed by atoms with Crippen LogP contribution >= 0.6 is 22.6 Å². The molecule has 6 nitrogen and oxygen atoms in total. The van der Waals surface area contributed by atoms with E-state index in [0.29, 0.717) is 3.57 Å². The van der Waals surface area contributed by atoms with Gasteiger partial charge in [-0.3, -0.25) is 4.68 Å². The molecular weight excluding hydrogens is 303 g/mol. The van der Waals surface area contributed by atoms with Crippen molar-refractivity contribution in [1.82, 2.24) is 9.78 Å². The van der Waals surface area contributed by atoms with Crippen molar-refractivity contribution >= 4 is 34.5 Å². The summed E-state index contributed by atoms with van der Waals surface area (Å²) in [7, 11) is 0. The van der Waals surface area contributed by atoms with E-state index in [1.807, 2.05) is 0 Å². The number of carbonyl (C=O) groups is 2. The van der Waals surface area contributed by atoms with Gasteiger partial charge in [-0.15, -0.1) is 0 Å². The van der Waals surface area contributed by atoms with Gasteiger partial charge in [0.2, 0.25) is 0 Å². The first-order valence-electron chi connectivity index (χ1n) is 3.64. The van der Waals surface area contributed by atoms with E-state index in [4.69, 9.17) is 10.2 Å². The van der Waals surface area contributed by atoms with Crippen LogP contribution in [-0.4, -0.2) is 31.9 Å². The summed E-state index contributed by atoms with van der Waals surface area (Å²) in [6.45, 7) is 1.43. The van der Waals surface area contributed by atoms with Gasteiger partial charge in [-0.05, 0) is 29.5 Å². The summed E-state index contributed by atoms with van der Waals surface area (Å²) in [5.74, 6) is -2.22. The zero-order chi connectivity index (χ0) is 10.9. The summed E-state index contributed by atoms with van der Waals surface area (Å²) >= 11 is 1.80. The fraction of sp³-hybridized carbons (Fsp3) is 0.286. The summed E-state index contributed by atoms with van der Waals surface area (Å²) in [6, 6.07) is -0.864. The lowest BCUT2D eigenvalue weighted by atomic mass is 10.4. The molecule has 1 rings (SSSR count). The molecule has 0 amide bonds. The molecule has 0 saturated carbocycles. The maximum Gasteiger partial charge on any atom is 0.357 e. The molecule has 0 aliphatic carbocycles. The Labute approximate surface area is 92.7 Å². The van der Waals surface area contributed by atoms with Crippen molar-refractivity contribution in [2.45, 2.75) is 13.0 Å². The second-order valence-corrected chi connectivity index (χ2v) is 3.79. The zero-order valence-electron chi connectivity index (χ0n) is 7.14. The van der Waals surface area contributed by atoms with Crippen molar-refractivity contribution in [3.05, 3.63) is 15.5 Å². The molecule has 1 aromatic rings. The second kappa shape index (κ2) is 3.95. The standard InChI is InChI=1S/C7H7IN2O4/c1-3(6(11)12)10-2-4(8)5(9-10)7(13)14/h2-3H,1H3,(H,11,12)(H,13,14)/t3-/m0/s1. The highest BCUT2D eigenvalue weighted by Crippen LogP contribution is 2.13. The van der Waals surface area contributed by atoms with Crippen LogP contribution in [-0.2, 0) is 4.79 Å². The average molecular weight is 310 g/mol. The molecule has 1 atom stereocenters. The van der Waals surface area contributed by atoms with E-state index in [9.17, 15) is 9.59 Å². The van der Waals surface area contributed by atoms with Crippen molar-refractivity contribution < 1.29 is 19.8 Å². The Hall–Kier alpha value is -1.12. The Morgan fingerprint density at radius 2 is 2.14 bits per heavy atom. The second-order valence-electron chi connectivity index (χ2n) is 2.63. The van der Waals surface area contributed by atoms with E-state index in [0.717, 1.165) is 4.68 Å². The third kappa shape index (κ3) is 2.03. The van der Waals surface area contributed by atoms with Crippen LogP contribution in [0.5, 0.6) is 0 Å². The molecule has 0 spiro atoms. The molecule has 0 saturated heterocycles. The number of carboxylic acids is 2. The molecule has 7 heteroatoms. The first-order chi connectivity index (χ1) is 6.43. The number of carboxylic acid groups (broad SMARTS) is 2. The average Bonchev–Trinajstić information content (AvgIpc) is 2.45. The van der Waals surface area contributed by atoms with Gasteiger partial charge in [-0.2, -0.15) is 5.10 Å². The van der Waals surface area contributed by atoms with Gasteiger partial charge in [0.05, 0.1) is 3.57 Å². The van der Waals surface area contributed by atoms with Gasteiger partial charge in [0, 0.05) is 6.20 Å². The summed E-state index contributed by atoms with van der Waals surface area (Å²) < 4.78 is 1.54. The van der Waals surface area contributed by atoms with Gasteiger partial charge in [0.25, 0.3) is 0 Å². The molecule has 0 aliphatic heterocycles.